The molecule has 0 amide bonds. The number of hydrogen-bond donors (Lipinski definition) is 1. The first-order chi connectivity index (χ1) is 9.33. The Labute approximate surface area is 115 Å². The monoisotopic (exact) mass is 260 g/mol. The molecule has 0 aliphatic carbocycles. The molecular formula is C16H24N2O. The Hall–Kier alpha value is -1.22. The smallest absolute Gasteiger partial charge is 0.119 e. The number of benzene rings is 1. The van der Waals surface area contributed by atoms with E-state index in [9.17, 15) is 0 Å². The zero-order valence-corrected chi connectivity index (χ0v) is 11.6. The molecule has 0 spiro atoms. The van der Waals surface area contributed by atoms with Gasteiger partial charge in [0.1, 0.15) is 5.75 Å². The Balaban J connectivity index is 1.57. The van der Waals surface area contributed by atoms with Gasteiger partial charge in [-0.2, -0.15) is 0 Å². The van der Waals surface area contributed by atoms with E-state index in [2.05, 4.69) is 4.90 Å². The van der Waals surface area contributed by atoms with Crippen molar-refractivity contribution in [3.8, 4) is 5.75 Å². The summed E-state index contributed by atoms with van der Waals surface area (Å²) in [6.07, 6.45) is 6.76. The molecule has 104 valence electrons. The van der Waals surface area contributed by atoms with Crippen LogP contribution < -0.4 is 10.5 Å². The van der Waals surface area contributed by atoms with Gasteiger partial charge in [-0.05, 0) is 63.0 Å². The zero-order valence-electron chi connectivity index (χ0n) is 11.6. The Morgan fingerprint density at radius 2 is 1.84 bits per heavy atom. The average Bonchev–Trinajstić information content (AvgIpc) is 2.47. The fourth-order valence-corrected chi connectivity index (χ4v) is 3.54. The molecule has 0 aromatic heterocycles. The molecule has 1 aromatic rings. The van der Waals surface area contributed by atoms with Crippen LogP contribution in [0.5, 0.6) is 5.75 Å². The van der Waals surface area contributed by atoms with E-state index in [1.165, 1.54) is 45.2 Å². The van der Waals surface area contributed by atoms with Crippen LogP contribution in [0.4, 0.5) is 5.69 Å². The molecule has 2 N–H and O–H groups in total. The number of rotatable bonds is 3. The molecular weight excluding hydrogens is 236 g/mol. The van der Waals surface area contributed by atoms with E-state index in [0.29, 0.717) is 5.92 Å². The number of nitrogens with zero attached hydrogens (tertiary/aromatic N) is 1. The molecule has 1 aromatic carbocycles. The summed E-state index contributed by atoms with van der Waals surface area (Å²) in [7, 11) is 0. The number of ether oxygens (including phenoxy) is 1. The summed E-state index contributed by atoms with van der Waals surface area (Å²) in [6.45, 7) is 3.44. The SMILES string of the molecule is Nc1ccc(OC[C@@H]2CCCN3CCCC[C@H]23)cc1. The molecule has 2 aliphatic rings. The highest BCUT2D eigenvalue weighted by Crippen LogP contribution is 2.31. The van der Waals surface area contributed by atoms with Crippen LogP contribution in [-0.4, -0.2) is 30.6 Å². The lowest BCUT2D eigenvalue weighted by atomic mass is 9.84. The first kappa shape index (κ1) is 12.8. The van der Waals surface area contributed by atoms with Crippen LogP contribution in [-0.2, 0) is 0 Å². The van der Waals surface area contributed by atoms with Crippen LogP contribution in [0.15, 0.2) is 24.3 Å². The molecule has 2 saturated heterocycles. The summed E-state index contributed by atoms with van der Waals surface area (Å²) in [5.74, 6) is 1.65. The summed E-state index contributed by atoms with van der Waals surface area (Å²) >= 11 is 0. The van der Waals surface area contributed by atoms with Gasteiger partial charge >= 0.3 is 0 Å². The van der Waals surface area contributed by atoms with Crippen LogP contribution in [0.3, 0.4) is 0 Å². The van der Waals surface area contributed by atoms with Gasteiger partial charge in [-0.3, -0.25) is 4.90 Å². The maximum Gasteiger partial charge on any atom is 0.119 e. The molecule has 2 atom stereocenters. The van der Waals surface area contributed by atoms with Gasteiger partial charge in [0.25, 0.3) is 0 Å². The highest BCUT2D eigenvalue weighted by Gasteiger charge is 2.33. The fraction of sp³-hybridized carbons (Fsp3) is 0.625. The topological polar surface area (TPSA) is 38.5 Å². The fourth-order valence-electron chi connectivity index (χ4n) is 3.54. The van der Waals surface area contributed by atoms with Gasteiger partial charge in [0.15, 0.2) is 0 Å². The van der Waals surface area contributed by atoms with E-state index < -0.39 is 0 Å². The Bertz CT molecular complexity index is 402. The van der Waals surface area contributed by atoms with Crippen molar-refractivity contribution in [2.24, 2.45) is 5.92 Å². The van der Waals surface area contributed by atoms with Gasteiger partial charge in [-0.15, -0.1) is 0 Å². The van der Waals surface area contributed by atoms with Crippen LogP contribution in [0.25, 0.3) is 0 Å². The summed E-state index contributed by atoms with van der Waals surface area (Å²) < 4.78 is 5.97. The largest absolute Gasteiger partial charge is 0.493 e. The second-order valence-corrected chi connectivity index (χ2v) is 5.88. The molecule has 0 unspecified atom stereocenters. The molecule has 2 heterocycles. The highest BCUT2D eigenvalue weighted by atomic mass is 16.5. The van der Waals surface area contributed by atoms with Crippen molar-refractivity contribution in [3.05, 3.63) is 24.3 Å². The van der Waals surface area contributed by atoms with Gasteiger partial charge in [0.05, 0.1) is 6.61 Å². The summed E-state index contributed by atoms with van der Waals surface area (Å²) in [5.41, 5.74) is 6.49. The second-order valence-electron chi connectivity index (χ2n) is 5.88. The first-order valence-corrected chi connectivity index (χ1v) is 7.55. The number of piperidine rings is 2. The van der Waals surface area contributed by atoms with Crippen molar-refractivity contribution in [3.63, 3.8) is 0 Å². The van der Waals surface area contributed by atoms with Crippen molar-refractivity contribution in [1.82, 2.24) is 4.90 Å². The minimum absolute atomic E-state index is 0.701. The lowest BCUT2D eigenvalue weighted by Gasteiger charge is -2.44. The molecule has 0 radical (unpaired) electrons. The van der Waals surface area contributed by atoms with Crippen LogP contribution in [0, 0.1) is 5.92 Å². The van der Waals surface area contributed by atoms with Gasteiger partial charge < -0.3 is 10.5 Å². The van der Waals surface area contributed by atoms with E-state index in [4.69, 9.17) is 10.5 Å². The third kappa shape index (κ3) is 3.03. The quantitative estimate of drug-likeness (QED) is 0.849. The third-order valence-corrected chi connectivity index (χ3v) is 4.57. The van der Waals surface area contributed by atoms with Crippen LogP contribution >= 0.6 is 0 Å². The summed E-state index contributed by atoms with van der Waals surface area (Å²) in [5, 5.41) is 0. The first-order valence-electron chi connectivity index (χ1n) is 7.55. The van der Waals surface area contributed by atoms with E-state index in [0.717, 1.165) is 24.1 Å². The van der Waals surface area contributed by atoms with Crippen molar-refractivity contribution >= 4 is 5.69 Å². The molecule has 3 nitrogen and oxygen atoms in total. The predicted octanol–water partition coefficient (Wildman–Crippen LogP) is 2.91. The second kappa shape index (κ2) is 5.83. The van der Waals surface area contributed by atoms with E-state index in [1.807, 2.05) is 24.3 Å². The minimum Gasteiger partial charge on any atom is -0.493 e. The van der Waals surface area contributed by atoms with Crippen LogP contribution in [0.1, 0.15) is 32.1 Å². The Kier molecular flexibility index (Phi) is 3.92. The molecule has 3 heteroatoms. The number of hydrogen-bond acceptors (Lipinski definition) is 3. The molecule has 0 saturated carbocycles. The van der Waals surface area contributed by atoms with Crippen molar-refractivity contribution in [2.75, 3.05) is 25.4 Å². The maximum absolute atomic E-state index is 5.97. The molecule has 0 bridgehead atoms. The number of anilines is 1. The summed E-state index contributed by atoms with van der Waals surface area (Å²) in [6, 6.07) is 8.51. The van der Waals surface area contributed by atoms with E-state index >= 15 is 0 Å². The minimum atomic E-state index is 0.701. The van der Waals surface area contributed by atoms with E-state index in [1.54, 1.807) is 0 Å². The normalized spacial score (nSPS) is 27.8. The highest BCUT2D eigenvalue weighted by molar-refractivity contribution is 5.41. The molecule has 19 heavy (non-hydrogen) atoms. The van der Waals surface area contributed by atoms with Crippen LogP contribution in [0.2, 0.25) is 0 Å². The number of fused-ring (bicyclic) bond motifs is 1. The maximum atomic E-state index is 5.97. The lowest BCUT2D eigenvalue weighted by molar-refractivity contribution is 0.0366. The third-order valence-electron chi connectivity index (χ3n) is 4.57. The molecule has 3 rings (SSSR count). The summed E-state index contributed by atoms with van der Waals surface area (Å²) in [4.78, 5) is 2.68. The number of nitrogen functional groups attached to an aromatic ring is 1. The lowest BCUT2D eigenvalue weighted by Crippen LogP contribution is -2.49. The predicted molar refractivity (Wildman–Crippen MR) is 78.3 cm³/mol. The Morgan fingerprint density at radius 1 is 1.05 bits per heavy atom. The Morgan fingerprint density at radius 3 is 2.68 bits per heavy atom. The van der Waals surface area contributed by atoms with Crippen molar-refractivity contribution < 1.29 is 4.74 Å². The average molecular weight is 260 g/mol. The van der Waals surface area contributed by atoms with Gasteiger partial charge in [0.2, 0.25) is 0 Å². The van der Waals surface area contributed by atoms with Gasteiger partial charge in [0, 0.05) is 17.6 Å². The van der Waals surface area contributed by atoms with Crippen molar-refractivity contribution in [2.45, 2.75) is 38.1 Å². The number of nitrogens with two attached hydrogens (primary N) is 1. The zero-order chi connectivity index (χ0) is 13.1. The van der Waals surface area contributed by atoms with E-state index in [-0.39, 0.29) is 0 Å². The van der Waals surface area contributed by atoms with Gasteiger partial charge in [-0.1, -0.05) is 6.42 Å². The van der Waals surface area contributed by atoms with Gasteiger partial charge in [-0.25, -0.2) is 0 Å². The standard InChI is InChI=1S/C16H24N2O/c17-14-6-8-15(9-7-14)19-12-13-4-3-11-18-10-2-1-5-16(13)18/h6-9,13,16H,1-5,10-12,17H2/t13-,16+/m0/s1. The molecule has 2 aliphatic heterocycles. The van der Waals surface area contributed by atoms with Crippen molar-refractivity contribution in [1.29, 1.82) is 0 Å². The molecule has 2 fully saturated rings.